The Bertz CT molecular complexity index is 567. The van der Waals surface area contributed by atoms with E-state index >= 15 is 0 Å². The first-order chi connectivity index (χ1) is 9.29. The first kappa shape index (κ1) is 16.6. The average Bonchev–Trinajstić information content (AvgIpc) is 2.38. The van der Waals surface area contributed by atoms with Crippen molar-refractivity contribution >= 4 is 7.82 Å². The monoisotopic (exact) mass is 294 g/mol. The third kappa shape index (κ3) is 6.13. The minimum Gasteiger partial charge on any atom is -0.303 e. The maximum atomic E-state index is 8.88. The summed E-state index contributed by atoms with van der Waals surface area (Å²) >= 11 is 0. The van der Waals surface area contributed by atoms with E-state index in [0.717, 1.165) is 0 Å². The average molecular weight is 294 g/mol. The summed E-state index contributed by atoms with van der Waals surface area (Å²) in [5, 5.41) is 0. The SMILES string of the molecule is CC(C)c1ccccc1-c1ccccc1.O=P(O)(O)O. The number of phosphoric acid groups is 1. The van der Waals surface area contributed by atoms with Crippen LogP contribution in [0.1, 0.15) is 25.3 Å². The lowest BCUT2D eigenvalue weighted by atomic mass is 9.93. The Kier molecular flexibility index (Phi) is 6.11. The summed E-state index contributed by atoms with van der Waals surface area (Å²) in [5.41, 5.74) is 4.08. The largest absolute Gasteiger partial charge is 0.466 e. The molecule has 108 valence electrons. The Labute approximate surface area is 119 Å². The predicted molar refractivity (Wildman–Crippen MR) is 80.2 cm³/mol. The van der Waals surface area contributed by atoms with Crippen molar-refractivity contribution in [1.82, 2.24) is 0 Å². The minimum atomic E-state index is -4.64. The molecular formula is C15H19O4P. The van der Waals surface area contributed by atoms with Crippen LogP contribution in [0.3, 0.4) is 0 Å². The van der Waals surface area contributed by atoms with Crippen LogP contribution in [0, 0.1) is 0 Å². The van der Waals surface area contributed by atoms with Gasteiger partial charge in [-0.3, -0.25) is 0 Å². The van der Waals surface area contributed by atoms with E-state index in [2.05, 4.69) is 68.4 Å². The van der Waals surface area contributed by atoms with E-state index in [1.165, 1.54) is 16.7 Å². The van der Waals surface area contributed by atoms with Crippen LogP contribution in [-0.4, -0.2) is 14.7 Å². The van der Waals surface area contributed by atoms with Crippen molar-refractivity contribution in [3.05, 3.63) is 60.2 Å². The standard InChI is InChI=1S/C15H16.H3O4P/c1-12(2)14-10-6-7-11-15(14)13-8-4-3-5-9-13;1-5(2,3)4/h3-12H,1-2H3;(H3,1,2,3,4). The molecule has 0 saturated heterocycles. The van der Waals surface area contributed by atoms with E-state index in [-0.39, 0.29) is 0 Å². The van der Waals surface area contributed by atoms with Crippen molar-refractivity contribution in [3.8, 4) is 11.1 Å². The third-order valence-corrected chi connectivity index (χ3v) is 2.67. The van der Waals surface area contributed by atoms with Crippen LogP contribution in [-0.2, 0) is 4.57 Å². The van der Waals surface area contributed by atoms with E-state index in [0.29, 0.717) is 5.92 Å². The molecule has 2 aromatic carbocycles. The van der Waals surface area contributed by atoms with Gasteiger partial charge in [0.25, 0.3) is 0 Å². The van der Waals surface area contributed by atoms with E-state index in [1.807, 2.05) is 0 Å². The topological polar surface area (TPSA) is 77.8 Å². The first-order valence-corrected chi connectivity index (χ1v) is 7.78. The number of hydrogen-bond donors (Lipinski definition) is 3. The zero-order chi connectivity index (χ0) is 15.2. The van der Waals surface area contributed by atoms with Gasteiger partial charge in [-0.15, -0.1) is 0 Å². The molecule has 0 radical (unpaired) electrons. The molecule has 0 aliphatic rings. The Hall–Kier alpha value is -1.45. The van der Waals surface area contributed by atoms with Crippen LogP contribution in [0.2, 0.25) is 0 Å². The quantitative estimate of drug-likeness (QED) is 0.740. The van der Waals surface area contributed by atoms with Gasteiger partial charge in [-0.1, -0.05) is 68.4 Å². The summed E-state index contributed by atoms with van der Waals surface area (Å²) < 4.78 is 8.88. The van der Waals surface area contributed by atoms with Crippen LogP contribution < -0.4 is 0 Å². The molecule has 0 fully saturated rings. The fraction of sp³-hybridized carbons (Fsp3) is 0.200. The third-order valence-electron chi connectivity index (χ3n) is 2.67. The predicted octanol–water partition coefficient (Wildman–Crippen LogP) is 3.55. The van der Waals surface area contributed by atoms with Gasteiger partial charge < -0.3 is 14.7 Å². The second-order valence-corrected chi connectivity index (χ2v) is 5.65. The maximum Gasteiger partial charge on any atom is 0.466 e. The van der Waals surface area contributed by atoms with E-state index in [4.69, 9.17) is 19.2 Å². The highest BCUT2D eigenvalue weighted by Crippen LogP contribution is 2.28. The summed E-state index contributed by atoms with van der Waals surface area (Å²) in [6.45, 7) is 4.48. The first-order valence-electron chi connectivity index (χ1n) is 6.21. The van der Waals surface area contributed by atoms with Gasteiger partial charge in [0, 0.05) is 0 Å². The lowest BCUT2D eigenvalue weighted by Gasteiger charge is -2.12. The Morgan fingerprint density at radius 3 is 1.80 bits per heavy atom. The molecule has 0 aliphatic heterocycles. The summed E-state index contributed by atoms with van der Waals surface area (Å²) in [6.07, 6.45) is 0. The molecule has 0 unspecified atom stereocenters. The smallest absolute Gasteiger partial charge is 0.303 e. The molecule has 3 N–H and O–H groups in total. The molecule has 0 aromatic heterocycles. The van der Waals surface area contributed by atoms with E-state index in [9.17, 15) is 0 Å². The molecule has 2 rings (SSSR count). The number of hydrogen-bond acceptors (Lipinski definition) is 1. The second-order valence-electron chi connectivity index (χ2n) is 4.62. The van der Waals surface area contributed by atoms with Gasteiger partial charge in [0.05, 0.1) is 0 Å². The van der Waals surface area contributed by atoms with Crippen molar-refractivity contribution < 1.29 is 19.2 Å². The molecule has 2 aromatic rings. The highest BCUT2D eigenvalue weighted by Gasteiger charge is 2.06. The Morgan fingerprint density at radius 2 is 1.30 bits per heavy atom. The van der Waals surface area contributed by atoms with Crippen molar-refractivity contribution in [2.75, 3.05) is 0 Å². The van der Waals surface area contributed by atoms with Gasteiger partial charge >= 0.3 is 7.82 Å². The van der Waals surface area contributed by atoms with Crippen molar-refractivity contribution in [1.29, 1.82) is 0 Å². The fourth-order valence-corrected chi connectivity index (χ4v) is 1.88. The highest BCUT2D eigenvalue weighted by molar-refractivity contribution is 7.45. The number of rotatable bonds is 2. The van der Waals surface area contributed by atoms with Crippen molar-refractivity contribution in [3.63, 3.8) is 0 Å². The lowest BCUT2D eigenvalue weighted by molar-refractivity contribution is 0.275. The molecule has 4 nitrogen and oxygen atoms in total. The van der Waals surface area contributed by atoms with Gasteiger partial charge in [-0.2, -0.15) is 0 Å². The van der Waals surface area contributed by atoms with Crippen LogP contribution >= 0.6 is 7.82 Å². The summed E-state index contributed by atoms with van der Waals surface area (Å²) in [4.78, 5) is 21.6. The number of benzene rings is 2. The summed E-state index contributed by atoms with van der Waals surface area (Å²) in [6, 6.07) is 19.2. The van der Waals surface area contributed by atoms with Crippen molar-refractivity contribution in [2.45, 2.75) is 19.8 Å². The van der Waals surface area contributed by atoms with Gasteiger partial charge in [-0.25, -0.2) is 4.57 Å². The van der Waals surface area contributed by atoms with E-state index < -0.39 is 7.82 Å². The normalized spacial score (nSPS) is 10.9. The minimum absolute atomic E-state index is 0.571. The zero-order valence-electron chi connectivity index (χ0n) is 11.5. The van der Waals surface area contributed by atoms with Gasteiger partial charge in [0.2, 0.25) is 0 Å². The Morgan fingerprint density at radius 1 is 0.850 bits per heavy atom. The van der Waals surface area contributed by atoms with Crippen LogP contribution in [0.15, 0.2) is 54.6 Å². The fourth-order valence-electron chi connectivity index (χ4n) is 1.88. The molecule has 20 heavy (non-hydrogen) atoms. The van der Waals surface area contributed by atoms with E-state index in [1.54, 1.807) is 0 Å². The van der Waals surface area contributed by atoms with Crippen LogP contribution in [0.25, 0.3) is 11.1 Å². The Balaban J connectivity index is 0.000000347. The lowest BCUT2D eigenvalue weighted by Crippen LogP contribution is -1.91. The molecule has 5 heteroatoms. The van der Waals surface area contributed by atoms with Gasteiger partial charge in [0.15, 0.2) is 0 Å². The van der Waals surface area contributed by atoms with Gasteiger partial charge in [0.1, 0.15) is 0 Å². The molecule has 0 heterocycles. The molecule has 0 amide bonds. The maximum absolute atomic E-state index is 8.88. The molecule has 0 saturated carbocycles. The van der Waals surface area contributed by atoms with Crippen molar-refractivity contribution in [2.24, 2.45) is 0 Å². The van der Waals surface area contributed by atoms with Gasteiger partial charge in [-0.05, 0) is 22.6 Å². The summed E-state index contributed by atoms with van der Waals surface area (Å²) in [7, 11) is -4.64. The molecule has 0 bridgehead atoms. The molecule has 0 aliphatic carbocycles. The highest BCUT2D eigenvalue weighted by atomic mass is 31.2. The zero-order valence-corrected chi connectivity index (χ0v) is 12.4. The second kappa shape index (κ2) is 7.36. The van der Waals surface area contributed by atoms with Crippen LogP contribution in [0.5, 0.6) is 0 Å². The van der Waals surface area contributed by atoms with Crippen LogP contribution in [0.4, 0.5) is 0 Å². The summed E-state index contributed by atoms with van der Waals surface area (Å²) in [5.74, 6) is 0.571. The molecule has 0 atom stereocenters. The molecule has 0 spiro atoms. The molecular weight excluding hydrogens is 275 g/mol.